The van der Waals surface area contributed by atoms with Crippen molar-refractivity contribution >= 4 is 12.0 Å². The number of aliphatic hydroxyl groups excluding tert-OH is 2. The van der Waals surface area contributed by atoms with Crippen molar-refractivity contribution in [3.05, 3.63) is 22.2 Å². The number of nitrogens with two attached hydrogens (primary N) is 1. The molecule has 116 valence electrons. The van der Waals surface area contributed by atoms with Crippen LogP contribution in [0.15, 0.2) is 16.1 Å². The Balaban J connectivity index is 2.35. The minimum absolute atomic E-state index is 0.125. The predicted octanol–water partition coefficient (Wildman–Crippen LogP) is -1.37. The summed E-state index contributed by atoms with van der Waals surface area (Å²) in [7, 11) is 1.36. The fraction of sp³-hybridized carbons (Fsp3) is 0.583. The van der Waals surface area contributed by atoms with Crippen LogP contribution in [-0.4, -0.2) is 51.9 Å². The van der Waals surface area contributed by atoms with Crippen LogP contribution in [-0.2, 0) is 9.57 Å². The Morgan fingerprint density at radius 2 is 2.38 bits per heavy atom. The van der Waals surface area contributed by atoms with Crippen molar-refractivity contribution in [3.63, 3.8) is 0 Å². The first-order valence-corrected chi connectivity index (χ1v) is 6.36. The number of rotatable bonds is 4. The van der Waals surface area contributed by atoms with E-state index in [-0.39, 0.29) is 12.4 Å². The Morgan fingerprint density at radius 1 is 1.67 bits per heavy atom. The van der Waals surface area contributed by atoms with Gasteiger partial charge < -0.3 is 25.5 Å². The van der Waals surface area contributed by atoms with Gasteiger partial charge in [0.2, 0.25) is 0 Å². The van der Waals surface area contributed by atoms with Crippen LogP contribution in [0.2, 0.25) is 0 Å². The average Bonchev–Trinajstić information content (AvgIpc) is 2.77. The number of aliphatic hydroxyl groups is 2. The Bertz CT molecular complexity index is 588. The van der Waals surface area contributed by atoms with Crippen LogP contribution in [0.25, 0.3) is 0 Å². The van der Waals surface area contributed by atoms with Gasteiger partial charge in [-0.1, -0.05) is 5.16 Å². The highest BCUT2D eigenvalue weighted by Crippen LogP contribution is 2.32. The van der Waals surface area contributed by atoms with Gasteiger partial charge in [-0.2, -0.15) is 4.98 Å². The molecule has 2 heterocycles. The number of nitrogens with zero attached hydrogens (tertiary/aromatic N) is 3. The molecule has 1 aromatic heterocycles. The zero-order chi connectivity index (χ0) is 15.6. The van der Waals surface area contributed by atoms with Crippen LogP contribution >= 0.6 is 0 Å². The zero-order valence-corrected chi connectivity index (χ0v) is 11.7. The average molecular weight is 298 g/mol. The Hall–Kier alpha value is -1.97. The monoisotopic (exact) mass is 298 g/mol. The first kappa shape index (κ1) is 15.4. The van der Waals surface area contributed by atoms with Crippen molar-refractivity contribution in [3.8, 4) is 0 Å². The molecule has 0 bridgehead atoms. The zero-order valence-electron chi connectivity index (χ0n) is 11.7. The third-order valence-electron chi connectivity index (χ3n) is 3.40. The number of aryl methyl sites for hydroxylation is 1. The molecule has 0 aromatic carbocycles. The van der Waals surface area contributed by atoms with E-state index < -0.39 is 30.0 Å². The molecule has 0 aliphatic carbocycles. The molecule has 4 N–H and O–H groups in total. The molecule has 1 saturated heterocycles. The van der Waals surface area contributed by atoms with Gasteiger partial charge in [0.15, 0.2) is 6.23 Å². The van der Waals surface area contributed by atoms with E-state index in [2.05, 4.69) is 15.0 Å². The largest absolute Gasteiger partial charge is 0.399 e. The second-order valence-corrected chi connectivity index (χ2v) is 4.75. The maximum absolute atomic E-state index is 11.9. The van der Waals surface area contributed by atoms with Crippen LogP contribution in [0.1, 0.15) is 11.8 Å². The van der Waals surface area contributed by atoms with E-state index >= 15 is 0 Å². The van der Waals surface area contributed by atoms with E-state index in [9.17, 15) is 15.0 Å². The van der Waals surface area contributed by atoms with Gasteiger partial charge in [-0.25, -0.2) is 4.79 Å². The normalized spacial score (nSPS) is 29.1. The second kappa shape index (κ2) is 6.20. The number of ether oxygens (including phenoxy) is 1. The fourth-order valence-electron chi connectivity index (χ4n) is 2.23. The lowest BCUT2D eigenvalue weighted by Gasteiger charge is -2.18. The minimum atomic E-state index is -1.08. The van der Waals surface area contributed by atoms with E-state index in [1.807, 2.05) is 0 Å². The molecule has 21 heavy (non-hydrogen) atoms. The van der Waals surface area contributed by atoms with Gasteiger partial charge in [0, 0.05) is 11.8 Å². The summed E-state index contributed by atoms with van der Waals surface area (Å²) in [5, 5.41) is 23.2. The quantitative estimate of drug-likeness (QED) is 0.461. The third-order valence-corrected chi connectivity index (χ3v) is 3.40. The Labute approximate surface area is 120 Å². The second-order valence-electron chi connectivity index (χ2n) is 4.75. The topological polar surface area (TPSA) is 132 Å². The molecule has 9 heteroatoms. The van der Waals surface area contributed by atoms with E-state index in [0.29, 0.717) is 5.56 Å². The summed E-state index contributed by atoms with van der Waals surface area (Å²) in [5.41, 5.74) is 5.51. The van der Waals surface area contributed by atoms with E-state index in [1.165, 1.54) is 19.5 Å². The summed E-state index contributed by atoms with van der Waals surface area (Å²) >= 11 is 0. The molecule has 0 amide bonds. The van der Waals surface area contributed by atoms with Gasteiger partial charge >= 0.3 is 5.69 Å². The molecule has 4 atom stereocenters. The number of hydrogen-bond acceptors (Lipinski definition) is 8. The highest BCUT2D eigenvalue weighted by atomic mass is 16.6. The number of aromatic nitrogens is 2. The molecule has 1 aliphatic rings. The van der Waals surface area contributed by atoms with E-state index in [1.54, 1.807) is 6.92 Å². The summed E-state index contributed by atoms with van der Waals surface area (Å²) in [6, 6.07) is 0. The summed E-state index contributed by atoms with van der Waals surface area (Å²) in [6.07, 6.45) is 0.0452. The lowest BCUT2D eigenvalue weighted by atomic mass is 10.00. The fourth-order valence-corrected chi connectivity index (χ4v) is 2.23. The van der Waals surface area contributed by atoms with Crippen molar-refractivity contribution in [2.24, 2.45) is 11.1 Å². The van der Waals surface area contributed by atoms with Gasteiger partial charge in [0.1, 0.15) is 19.0 Å². The highest BCUT2D eigenvalue weighted by Gasteiger charge is 2.44. The van der Waals surface area contributed by atoms with Crippen molar-refractivity contribution in [1.29, 1.82) is 0 Å². The summed E-state index contributed by atoms with van der Waals surface area (Å²) in [5.74, 6) is -0.482. The molecule has 1 aromatic rings. The number of anilines is 1. The predicted molar refractivity (Wildman–Crippen MR) is 73.6 cm³/mol. The van der Waals surface area contributed by atoms with Gasteiger partial charge in [-0.3, -0.25) is 4.57 Å². The first-order chi connectivity index (χ1) is 9.99. The molecule has 0 spiro atoms. The van der Waals surface area contributed by atoms with E-state index in [4.69, 9.17) is 10.5 Å². The lowest BCUT2D eigenvalue weighted by molar-refractivity contribution is -0.0532. The first-order valence-electron chi connectivity index (χ1n) is 6.36. The number of hydrogen-bond donors (Lipinski definition) is 3. The van der Waals surface area contributed by atoms with Crippen LogP contribution in [0.4, 0.5) is 5.82 Å². The molecule has 0 radical (unpaired) electrons. The number of oxime groups is 1. The van der Waals surface area contributed by atoms with Crippen molar-refractivity contribution in [1.82, 2.24) is 9.55 Å². The minimum Gasteiger partial charge on any atom is -0.399 e. The summed E-state index contributed by atoms with van der Waals surface area (Å²) in [6.45, 7) is 1.36. The molecule has 1 fully saturated rings. The standard InChI is InChI=1S/C12H18N4O5/c1-6-4-16(12(19)15-10(6)13)11-9(18)7(3-14-20-2)8(5-17)21-11/h3-4,7-9,11,17-18H,5H2,1-2H3,(H2,13,15,19)/t7-,8-,9-,11-/m1/s1. The lowest BCUT2D eigenvalue weighted by Crippen LogP contribution is -2.34. The van der Waals surface area contributed by atoms with Crippen LogP contribution in [0, 0.1) is 12.8 Å². The van der Waals surface area contributed by atoms with Gasteiger partial charge in [-0.05, 0) is 6.92 Å². The summed E-state index contributed by atoms with van der Waals surface area (Å²) in [4.78, 5) is 20.1. The SMILES string of the molecule is CON=C[C@H]1[C@@H](O)[C@H](n2cc(C)c(N)nc2=O)O[C@@H]1CO. The molecule has 9 nitrogen and oxygen atoms in total. The van der Waals surface area contributed by atoms with Crippen molar-refractivity contribution in [2.45, 2.75) is 25.4 Å². The highest BCUT2D eigenvalue weighted by molar-refractivity contribution is 5.62. The molecular formula is C12H18N4O5. The van der Waals surface area contributed by atoms with Crippen LogP contribution in [0.3, 0.4) is 0 Å². The molecular weight excluding hydrogens is 280 g/mol. The summed E-state index contributed by atoms with van der Waals surface area (Å²) < 4.78 is 6.68. The van der Waals surface area contributed by atoms with Crippen molar-refractivity contribution in [2.75, 3.05) is 19.5 Å². The van der Waals surface area contributed by atoms with Crippen molar-refractivity contribution < 1.29 is 19.8 Å². The van der Waals surface area contributed by atoms with Gasteiger partial charge in [0.25, 0.3) is 0 Å². The maximum atomic E-state index is 11.9. The third kappa shape index (κ3) is 2.89. The molecule has 0 unspecified atom stereocenters. The van der Waals surface area contributed by atoms with Crippen LogP contribution in [0.5, 0.6) is 0 Å². The number of nitrogen functional groups attached to an aromatic ring is 1. The molecule has 2 rings (SSSR count). The van der Waals surface area contributed by atoms with Crippen LogP contribution < -0.4 is 11.4 Å². The Kier molecular flexibility index (Phi) is 4.56. The molecule has 1 aliphatic heterocycles. The van der Waals surface area contributed by atoms with Gasteiger partial charge in [0.05, 0.1) is 24.8 Å². The Morgan fingerprint density at radius 3 is 3.00 bits per heavy atom. The van der Waals surface area contributed by atoms with E-state index in [0.717, 1.165) is 4.57 Å². The van der Waals surface area contributed by atoms with Gasteiger partial charge in [-0.15, -0.1) is 0 Å². The maximum Gasteiger partial charge on any atom is 0.351 e. The molecule has 0 saturated carbocycles. The smallest absolute Gasteiger partial charge is 0.351 e.